The van der Waals surface area contributed by atoms with Crippen LogP contribution in [0.5, 0.6) is 11.5 Å². The second kappa shape index (κ2) is 8.32. The summed E-state index contributed by atoms with van der Waals surface area (Å²) in [6.45, 7) is 0.215. The van der Waals surface area contributed by atoms with Crippen molar-refractivity contribution in [2.45, 2.75) is 6.54 Å². The summed E-state index contributed by atoms with van der Waals surface area (Å²) in [6, 6.07) is 23.9. The molecule has 0 radical (unpaired) electrons. The number of nitrogens with one attached hydrogen (secondary N) is 1. The molecule has 4 rings (SSSR count). The summed E-state index contributed by atoms with van der Waals surface area (Å²) in [5.41, 5.74) is 1.87. The van der Waals surface area contributed by atoms with Gasteiger partial charge in [-0.15, -0.1) is 0 Å². The van der Waals surface area contributed by atoms with E-state index in [4.69, 9.17) is 4.74 Å². The highest BCUT2D eigenvalue weighted by Gasteiger charge is 2.33. The van der Waals surface area contributed by atoms with Gasteiger partial charge in [0, 0.05) is 4.47 Å². The van der Waals surface area contributed by atoms with E-state index in [9.17, 15) is 9.59 Å². The molecule has 1 aliphatic heterocycles. The predicted molar refractivity (Wildman–Crippen MR) is 114 cm³/mol. The molecular weight excluding hydrogens is 432 g/mol. The molecular formula is C23H17BrN2O3. The van der Waals surface area contributed by atoms with Gasteiger partial charge in [0.15, 0.2) is 0 Å². The van der Waals surface area contributed by atoms with Crippen molar-refractivity contribution in [3.63, 3.8) is 0 Å². The fourth-order valence-corrected chi connectivity index (χ4v) is 3.21. The van der Waals surface area contributed by atoms with Gasteiger partial charge in [-0.25, -0.2) is 4.79 Å². The zero-order chi connectivity index (χ0) is 20.2. The summed E-state index contributed by atoms with van der Waals surface area (Å²) in [5.74, 6) is 1.02. The molecule has 0 unspecified atom stereocenters. The van der Waals surface area contributed by atoms with Crippen LogP contribution in [-0.2, 0) is 11.3 Å². The highest BCUT2D eigenvalue weighted by molar-refractivity contribution is 9.10. The van der Waals surface area contributed by atoms with Crippen molar-refractivity contribution >= 4 is 33.9 Å². The lowest BCUT2D eigenvalue weighted by molar-refractivity contribution is -0.123. The number of carbonyl (C=O) groups excluding carboxylic acids is 2. The maximum atomic E-state index is 12.7. The van der Waals surface area contributed by atoms with Crippen LogP contribution in [0.15, 0.2) is 89.0 Å². The third kappa shape index (κ3) is 4.55. The number of carbonyl (C=O) groups is 2. The lowest BCUT2D eigenvalue weighted by Crippen LogP contribution is -2.30. The van der Waals surface area contributed by atoms with Crippen LogP contribution in [0, 0.1) is 0 Å². The number of hydrogen-bond donors (Lipinski definition) is 1. The molecule has 0 saturated carbocycles. The summed E-state index contributed by atoms with van der Waals surface area (Å²) in [4.78, 5) is 26.2. The average Bonchev–Trinajstić information content (AvgIpc) is 2.98. The van der Waals surface area contributed by atoms with E-state index in [1.54, 1.807) is 6.08 Å². The topological polar surface area (TPSA) is 58.6 Å². The first kappa shape index (κ1) is 19.0. The van der Waals surface area contributed by atoms with Crippen LogP contribution < -0.4 is 10.1 Å². The van der Waals surface area contributed by atoms with Gasteiger partial charge in [0.25, 0.3) is 5.91 Å². The largest absolute Gasteiger partial charge is 0.457 e. The molecule has 1 saturated heterocycles. The van der Waals surface area contributed by atoms with E-state index < -0.39 is 6.03 Å². The summed E-state index contributed by atoms with van der Waals surface area (Å²) in [5, 5.41) is 2.65. The Bertz CT molecular complexity index is 1080. The number of amides is 3. The molecule has 1 heterocycles. The predicted octanol–water partition coefficient (Wildman–Crippen LogP) is 5.33. The molecule has 0 aromatic heterocycles. The number of rotatable bonds is 5. The Labute approximate surface area is 176 Å². The molecule has 3 aromatic rings. The van der Waals surface area contributed by atoms with E-state index in [1.807, 2.05) is 78.9 Å². The van der Waals surface area contributed by atoms with Gasteiger partial charge in [0.05, 0.1) is 6.54 Å². The van der Waals surface area contributed by atoms with Gasteiger partial charge in [-0.2, -0.15) is 0 Å². The van der Waals surface area contributed by atoms with Crippen LogP contribution in [0.4, 0.5) is 4.79 Å². The summed E-state index contributed by atoms with van der Waals surface area (Å²) >= 11 is 3.38. The Kier molecular flexibility index (Phi) is 5.44. The minimum Gasteiger partial charge on any atom is -0.457 e. The molecule has 0 bridgehead atoms. The quantitative estimate of drug-likeness (QED) is 0.423. The summed E-state index contributed by atoms with van der Waals surface area (Å²) in [6.07, 6.45) is 1.65. The number of para-hydroxylation sites is 1. The Morgan fingerprint density at radius 1 is 0.897 bits per heavy atom. The van der Waals surface area contributed by atoms with Gasteiger partial charge in [-0.1, -0.05) is 58.4 Å². The second-order valence-corrected chi connectivity index (χ2v) is 7.41. The van der Waals surface area contributed by atoms with Gasteiger partial charge in [0.2, 0.25) is 0 Å². The van der Waals surface area contributed by atoms with E-state index in [0.29, 0.717) is 5.75 Å². The molecule has 1 N–H and O–H groups in total. The highest BCUT2D eigenvalue weighted by atomic mass is 79.9. The first-order valence-electron chi connectivity index (χ1n) is 9.00. The number of hydrogen-bond acceptors (Lipinski definition) is 3. The van der Waals surface area contributed by atoms with Crippen LogP contribution in [0.1, 0.15) is 11.1 Å². The maximum absolute atomic E-state index is 12.7. The highest BCUT2D eigenvalue weighted by Crippen LogP contribution is 2.24. The van der Waals surface area contributed by atoms with E-state index in [2.05, 4.69) is 21.2 Å². The van der Waals surface area contributed by atoms with Crippen molar-refractivity contribution in [2.75, 3.05) is 0 Å². The van der Waals surface area contributed by atoms with Crippen LogP contribution in [0.25, 0.3) is 6.08 Å². The van der Waals surface area contributed by atoms with Crippen molar-refractivity contribution in [3.05, 3.63) is 100 Å². The van der Waals surface area contributed by atoms with Crippen molar-refractivity contribution < 1.29 is 14.3 Å². The van der Waals surface area contributed by atoms with Crippen molar-refractivity contribution in [1.29, 1.82) is 0 Å². The van der Waals surface area contributed by atoms with Crippen molar-refractivity contribution in [3.8, 4) is 11.5 Å². The van der Waals surface area contributed by atoms with Crippen LogP contribution >= 0.6 is 15.9 Å². The zero-order valence-electron chi connectivity index (χ0n) is 15.3. The van der Waals surface area contributed by atoms with Gasteiger partial charge < -0.3 is 10.1 Å². The standard InChI is InChI=1S/C23H17BrN2O3/c24-18-11-9-16(10-12-18)15-26-22(27)21(25-23(26)28)14-17-5-4-8-20(13-17)29-19-6-2-1-3-7-19/h1-14H,15H2,(H,25,28)/b21-14+. The molecule has 0 atom stereocenters. The smallest absolute Gasteiger partial charge is 0.329 e. The van der Waals surface area contributed by atoms with Gasteiger partial charge in [0.1, 0.15) is 17.2 Å². The molecule has 6 heteroatoms. The van der Waals surface area contributed by atoms with Crippen molar-refractivity contribution in [2.24, 2.45) is 0 Å². The number of ether oxygens (including phenoxy) is 1. The fraction of sp³-hybridized carbons (Fsp3) is 0.0435. The third-order valence-electron chi connectivity index (χ3n) is 4.36. The zero-order valence-corrected chi connectivity index (χ0v) is 16.9. The van der Waals surface area contributed by atoms with Crippen molar-refractivity contribution in [1.82, 2.24) is 10.2 Å². The lowest BCUT2D eigenvalue weighted by Gasteiger charge is -2.11. The molecule has 1 aliphatic rings. The van der Waals surface area contributed by atoms with E-state index in [-0.39, 0.29) is 18.1 Å². The van der Waals surface area contributed by atoms with E-state index in [0.717, 1.165) is 21.3 Å². The summed E-state index contributed by atoms with van der Waals surface area (Å²) in [7, 11) is 0. The fourth-order valence-electron chi connectivity index (χ4n) is 2.95. The third-order valence-corrected chi connectivity index (χ3v) is 4.89. The Hall–Kier alpha value is -3.38. The molecule has 3 aromatic carbocycles. The van der Waals surface area contributed by atoms with Gasteiger partial charge in [-0.3, -0.25) is 9.69 Å². The Morgan fingerprint density at radius 3 is 2.38 bits per heavy atom. The number of benzene rings is 3. The van der Waals surface area contributed by atoms with Gasteiger partial charge in [-0.05, 0) is 53.6 Å². The lowest BCUT2D eigenvalue weighted by atomic mass is 10.1. The maximum Gasteiger partial charge on any atom is 0.329 e. The number of urea groups is 1. The van der Waals surface area contributed by atoms with E-state index >= 15 is 0 Å². The Morgan fingerprint density at radius 2 is 1.62 bits per heavy atom. The molecule has 0 spiro atoms. The SMILES string of the molecule is O=C1N/C(=C/c2cccc(Oc3ccccc3)c2)C(=O)N1Cc1ccc(Br)cc1. The first-order chi connectivity index (χ1) is 14.1. The second-order valence-electron chi connectivity index (χ2n) is 6.49. The first-order valence-corrected chi connectivity index (χ1v) is 9.80. The van der Waals surface area contributed by atoms with Crippen LogP contribution in [0.3, 0.4) is 0 Å². The molecule has 3 amide bonds. The Balaban J connectivity index is 1.51. The van der Waals surface area contributed by atoms with E-state index in [1.165, 1.54) is 4.90 Å². The molecule has 5 nitrogen and oxygen atoms in total. The number of nitrogens with zero attached hydrogens (tertiary/aromatic N) is 1. The van der Waals surface area contributed by atoms with Crippen LogP contribution in [0.2, 0.25) is 0 Å². The van der Waals surface area contributed by atoms with Gasteiger partial charge >= 0.3 is 6.03 Å². The molecule has 29 heavy (non-hydrogen) atoms. The minimum atomic E-state index is -0.430. The molecule has 144 valence electrons. The van der Waals surface area contributed by atoms with Crippen LogP contribution in [-0.4, -0.2) is 16.8 Å². The number of imide groups is 1. The normalized spacial score (nSPS) is 14.9. The monoisotopic (exact) mass is 448 g/mol. The molecule has 0 aliphatic carbocycles. The molecule has 1 fully saturated rings. The number of halogens is 1. The average molecular weight is 449 g/mol. The minimum absolute atomic E-state index is 0.215. The summed E-state index contributed by atoms with van der Waals surface area (Å²) < 4.78 is 6.77.